The van der Waals surface area contributed by atoms with Crippen LogP contribution in [0.1, 0.15) is 33.6 Å². The van der Waals surface area contributed by atoms with E-state index in [2.05, 4.69) is 19.2 Å². The topological polar surface area (TPSA) is 58.4 Å². The van der Waals surface area contributed by atoms with Crippen molar-refractivity contribution in [1.29, 1.82) is 0 Å². The number of carbonyl (C=O) groups excluding carboxylic acids is 1. The first-order chi connectivity index (χ1) is 7.29. The van der Waals surface area contributed by atoms with E-state index in [1.54, 1.807) is 0 Å². The monoisotopic (exact) mass is 229 g/mol. The minimum Gasteiger partial charge on any atom is -0.350 e. The number of carbonyl (C=O) groups is 1. The van der Waals surface area contributed by atoms with Crippen LogP contribution in [-0.2, 0) is 4.79 Å². The van der Waals surface area contributed by atoms with Gasteiger partial charge in [-0.05, 0) is 33.4 Å². The molecule has 0 fully saturated rings. The summed E-state index contributed by atoms with van der Waals surface area (Å²) < 4.78 is 0. The van der Waals surface area contributed by atoms with Crippen molar-refractivity contribution in [3.63, 3.8) is 0 Å². The van der Waals surface area contributed by atoms with E-state index in [-0.39, 0.29) is 11.4 Å². The van der Waals surface area contributed by atoms with Crippen LogP contribution in [0, 0.1) is 5.92 Å². The summed E-state index contributed by atoms with van der Waals surface area (Å²) in [5, 5.41) is 3.04. The Labute approximate surface area is 99.6 Å². The molecule has 1 amide bonds. The molecule has 1 atom stereocenters. The molecule has 0 aliphatic heterocycles. The van der Waals surface area contributed by atoms with Crippen LogP contribution in [0.5, 0.6) is 0 Å². The summed E-state index contributed by atoms with van der Waals surface area (Å²) >= 11 is 0. The van der Waals surface area contributed by atoms with Gasteiger partial charge in [0.2, 0.25) is 5.91 Å². The number of hydrogen-bond donors (Lipinski definition) is 2. The molecule has 3 N–H and O–H groups in total. The number of nitrogens with zero attached hydrogens (tertiary/aromatic N) is 1. The van der Waals surface area contributed by atoms with Gasteiger partial charge in [-0.2, -0.15) is 0 Å². The Morgan fingerprint density at radius 3 is 2.38 bits per heavy atom. The predicted octanol–water partition coefficient (Wildman–Crippen LogP) is 0.818. The highest BCUT2D eigenvalue weighted by atomic mass is 16.1. The van der Waals surface area contributed by atoms with Crippen LogP contribution in [0.25, 0.3) is 0 Å². The van der Waals surface area contributed by atoms with E-state index in [1.807, 2.05) is 25.9 Å². The lowest BCUT2D eigenvalue weighted by Crippen LogP contribution is -2.52. The van der Waals surface area contributed by atoms with Crippen molar-refractivity contribution in [2.75, 3.05) is 27.2 Å². The maximum atomic E-state index is 11.7. The van der Waals surface area contributed by atoms with Crippen molar-refractivity contribution in [3.05, 3.63) is 0 Å². The first kappa shape index (κ1) is 15.4. The smallest absolute Gasteiger partial charge is 0.221 e. The van der Waals surface area contributed by atoms with Gasteiger partial charge in [0.05, 0.1) is 0 Å². The zero-order chi connectivity index (χ0) is 12.8. The van der Waals surface area contributed by atoms with Crippen molar-refractivity contribution < 1.29 is 4.79 Å². The molecule has 4 heteroatoms. The van der Waals surface area contributed by atoms with Gasteiger partial charge in [0, 0.05) is 25.0 Å². The van der Waals surface area contributed by atoms with E-state index in [0.29, 0.717) is 18.9 Å². The van der Waals surface area contributed by atoms with E-state index in [9.17, 15) is 4.79 Å². The van der Waals surface area contributed by atoms with Gasteiger partial charge in [-0.1, -0.05) is 13.8 Å². The quantitative estimate of drug-likeness (QED) is 0.679. The first-order valence-corrected chi connectivity index (χ1v) is 5.95. The molecule has 0 aliphatic rings. The third-order valence-corrected chi connectivity index (χ3v) is 2.54. The van der Waals surface area contributed by atoms with Crippen molar-refractivity contribution in [3.8, 4) is 0 Å². The van der Waals surface area contributed by atoms with Gasteiger partial charge >= 0.3 is 0 Å². The Morgan fingerprint density at radius 1 is 1.44 bits per heavy atom. The zero-order valence-electron chi connectivity index (χ0n) is 11.3. The van der Waals surface area contributed by atoms with Crippen molar-refractivity contribution in [1.82, 2.24) is 10.2 Å². The maximum absolute atomic E-state index is 11.7. The van der Waals surface area contributed by atoms with Crippen molar-refractivity contribution >= 4 is 5.91 Å². The molecule has 0 radical (unpaired) electrons. The molecule has 0 aromatic carbocycles. The van der Waals surface area contributed by atoms with Crippen LogP contribution >= 0.6 is 0 Å². The predicted molar refractivity (Wildman–Crippen MR) is 68.2 cm³/mol. The van der Waals surface area contributed by atoms with Gasteiger partial charge in [0.15, 0.2) is 0 Å². The Bertz CT molecular complexity index is 216. The SMILES string of the molecule is CC(C)CC(C)(CN)NC(=O)CCN(C)C. The standard InChI is InChI=1S/C12H27N3O/c1-10(2)8-12(3,9-13)14-11(16)6-7-15(4)5/h10H,6-9,13H2,1-5H3,(H,14,16). The van der Waals surface area contributed by atoms with Crippen LogP contribution in [0.3, 0.4) is 0 Å². The summed E-state index contributed by atoms with van der Waals surface area (Å²) in [5.74, 6) is 0.616. The number of hydrogen-bond acceptors (Lipinski definition) is 3. The molecule has 0 aromatic rings. The summed E-state index contributed by atoms with van der Waals surface area (Å²) in [6.45, 7) is 7.55. The number of nitrogens with one attached hydrogen (secondary N) is 1. The molecule has 0 aromatic heterocycles. The maximum Gasteiger partial charge on any atom is 0.221 e. The zero-order valence-corrected chi connectivity index (χ0v) is 11.3. The summed E-state index contributed by atoms with van der Waals surface area (Å²) in [5.41, 5.74) is 5.47. The Kier molecular flexibility index (Phi) is 6.60. The van der Waals surface area contributed by atoms with Gasteiger partial charge in [0.1, 0.15) is 0 Å². The summed E-state index contributed by atoms with van der Waals surface area (Å²) in [6.07, 6.45) is 1.44. The molecule has 0 bridgehead atoms. The molecular formula is C12H27N3O. The van der Waals surface area contributed by atoms with Crippen LogP contribution in [0.15, 0.2) is 0 Å². The largest absolute Gasteiger partial charge is 0.350 e. The molecule has 0 saturated carbocycles. The first-order valence-electron chi connectivity index (χ1n) is 5.95. The third-order valence-electron chi connectivity index (χ3n) is 2.54. The van der Waals surface area contributed by atoms with Crippen LogP contribution in [-0.4, -0.2) is 43.5 Å². The molecule has 4 nitrogen and oxygen atoms in total. The van der Waals surface area contributed by atoms with E-state index in [4.69, 9.17) is 5.73 Å². The highest BCUT2D eigenvalue weighted by Gasteiger charge is 2.25. The second kappa shape index (κ2) is 6.86. The lowest BCUT2D eigenvalue weighted by atomic mass is 9.90. The van der Waals surface area contributed by atoms with E-state index >= 15 is 0 Å². The van der Waals surface area contributed by atoms with E-state index < -0.39 is 0 Å². The average Bonchev–Trinajstić information content (AvgIpc) is 2.13. The molecule has 0 rings (SSSR count). The summed E-state index contributed by atoms with van der Waals surface area (Å²) in [4.78, 5) is 13.7. The van der Waals surface area contributed by atoms with Gasteiger partial charge in [0.25, 0.3) is 0 Å². The lowest BCUT2D eigenvalue weighted by molar-refractivity contribution is -0.123. The highest BCUT2D eigenvalue weighted by Crippen LogP contribution is 2.15. The number of amides is 1. The highest BCUT2D eigenvalue weighted by molar-refractivity contribution is 5.76. The summed E-state index contributed by atoms with van der Waals surface area (Å²) in [6, 6.07) is 0. The molecular weight excluding hydrogens is 202 g/mol. The lowest BCUT2D eigenvalue weighted by Gasteiger charge is -2.31. The van der Waals surface area contributed by atoms with Crippen LogP contribution in [0.4, 0.5) is 0 Å². The van der Waals surface area contributed by atoms with Crippen LogP contribution in [0.2, 0.25) is 0 Å². The minimum absolute atomic E-state index is 0.0855. The Balaban J connectivity index is 4.14. The molecule has 16 heavy (non-hydrogen) atoms. The third kappa shape index (κ3) is 6.80. The minimum atomic E-state index is -0.266. The number of rotatable bonds is 7. The molecule has 0 heterocycles. The second-order valence-electron chi connectivity index (χ2n) is 5.46. The molecule has 96 valence electrons. The van der Waals surface area contributed by atoms with Crippen molar-refractivity contribution in [2.24, 2.45) is 11.7 Å². The van der Waals surface area contributed by atoms with Gasteiger partial charge in [-0.15, -0.1) is 0 Å². The Morgan fingerprint density at radius 2 is 2.00 bits per heavy atom. The fourth-order valence-electron chi connectivity index (χ4n) is 1.81. The van der Waals surface area contributed by atoms with E-state index in [0.717, 1.165) is 13.0 Å². The van der Waals surface area contributed by atoms with E-state index in [1.165, 1.54) is 0 Å². The average molecular weight is 229 g/mol. The van der Waals surface area contributed by atoms with Crippen molar-refractivity contribution in [2.45, 2.75) is 39.2 Å². The Hall–Kier alpha value is -0.610. The fraction of sp³-hybridized carbons (Fsp3) is 0.917. The van der Waals surface area contributed by atoms with Crippen LogP contribution < -0.4 is 11.1 Å². The summed E-state index contributed by atoms with van der Waals surface area (Å²) in [7, 11) is 3.92. The normalized spacial score (nSPS) is 15.2. The second-order valence-corrected chi connectivity index (χ2v) is 5.46. The molecule has 0 spiro atoms. The van der Waals surface area contributed by atoms with Gasteiger partial charge < -0.3 is 16.0 Å². The number of nitrogens with two attached hydrogens (primary N) is 1. The molecule has 0 saturated heterocycles. The van der Waals surface area contributed by atoms with Gasteiger partial charge in [-0.3, -0.25) is 4.79 Å². The molecule has 0 aliphatic carbocycles. The van der Waals surface area contributed by atoms with Gasteiger partial charge in [-0.25, -0.2) is 0 Å². The molecule has 1 unspecified atom stereocenters. The fourth-order valence-corrected chi connectivity index (χ4v) is 1.81.